The summed E-state index contributed by atoms with van der Waals surface area (Å²) >= 11 is 0. The van der Waals surface area contributed by atoms with Crippen molar-refractivity contribution in [2.24, 2.45) is 5.41 Å². The molecule has 4 nitrogen and oxygen atoms in total. The van der Waals surface area contributed by atoms with Gasteiger partial charge in [-0.05, 0) is 49.8 Å². The van der Waals surface area contributed by atoms with Gasteiger partial charge < -0.3 is 10.6 Å². The van der Waals surface area contributed by atoms with Crippen LogP contribution in [-0.4, -0.2) is 31.3 Å². The summed E-state index contributed by atoms with van der Waals surface area (Å²) in [7, 11) is 0. The van der Waals surface area contributed by atoms with E-state index >= 15 is 0 Å². The number of benzene rings is 1. The number of hydrogen-bond acceptors (Lipinski definition) is 3. The lowest BCUT2D eigenvalue weighted by Gasteiger charge is -2.34. The van der Waals surface area contributed by atoms with E-state index < -0.39 is 0 Å². The Hall–Kier alpha value is -1.39. The number of halogens is 1. The fourth-order valence-electron chi connectivity index (χ4n) is 3.22. The quantitative estimate of drug-likeness (QED) is 0.638. The summed E-state index contributed by atoms with van der Waals surface area (Å²) in [5, 5.41) is 6.36. The van der Waals surface area contributed by atoms with Gasteiger partial charge in [-0.3, -0.25) is 9.59 Å². The van der Waals surface area contributed by atoms with Crippen LogP contribution in [0.1, 0.15) is 68.3 Å². The van der Waals surface area contributed by atoms with Crippen LogP contribution in [-0.2, 0) is 11.2 Å². The molecule has 2 rings (SSSR count). The van der Waals surface area contributed by atoms with Gasteiger partial charge in [0.2, 0.25) is 5.91 Å². The molecule has 0 aromatic heterocycles. The zero-order valence-corrected chi connectivity index (χ0v) is 16.9. The number of carbonyl (C=O) groups excluding carboxylic acids is 2. The number of piperidine rings is 1. The van der Waals surface area contributed by atoms with Gasteiger partial charge in [0.1, 0.15) is 0 Å². The molecule has 1 aromatic carbocycles. The maximum absolute atomic E-state index is 12.3. The largest absolute Gasteiger partial charge is 0.356 e. The molecule has 0 spiro atoms. The highest BCUT2D eigenvalue weighted by atomic mass is 35.5. The summed E-state index contributed by atoms with van der Waals surface area (Å²) in [6.45, 7) is 7.12. The van der Waals surface area contributed by atoms with Gasteiger partial charge in [-0.2, -0.15) is 0 Å². The Morgan fingerprint density at radius 2 is 1.77 bits per heavy atom. The van der Waals surface area contributed by atoms with Gasteiger partial charge in [0.05, 0.1) is 0 Å². The summed E-state index contributed by atoms with van der Waals surface area (Å²) < 4.78 is 0. The molecule has 0 bridgehead atoms. The number of aryl methyl sites for hydroxylation is 1. The number of nitrogens with one attached hydrogen (secondary N) is 2. The van der Waals surface area contributed by atoms with Crippen molar-refractivity contribution in [1.29, 1.82) is 0 Å². The first-order valence-corrected chi connectivity index (χ1v) is 9.62. The van der Waals surface area contributed by atoms with E-state index in [0.29, 0.717) is 12.1 Å². The predicted octanol–water partition coefficient (Wildman–Crippen LogP) is 3.92. The highest BCUT2D eigenvalue weighted by Gasteiger charge is 2.26. The Kier molecular flexibility index (Phi) is 9.89. The van der Waals surface area contributed by atoms with Crippen molar-refractivity contribution in [1.82, 2.24) is 10.6 Å². The summed E-state index contributed by atoms with van der Waals surface area (Å²) in [5.74, 6) is 0.0259. The van der Waals surface area contributed by atoms with Crippen LogP contribution in [0.25, 0.3) is 0 Å². The molecule has 1 aliphatic rings. The van der Waals surface area contributed by atoms with Crippen LogP contribution in [0.2, 0.25) is 0 Å². The summed E-state index contributed by atoms with van der Waals surface area (Å²) in [6, 6.07) is 7.84. The third-order valence-corrected chi connectivity index (χ3v) is 5.20. The predicted molar refractivity (Wildman–Crippen MR) is 109 cm³/mol. The second-order valence-corrected chi connectivity index (χ2v) is 7.56. The van der Waals surface area contributed by atoms with Crippen molar-refractivity contribution < 1.29 is 9.59 Å². The van der Waals surface area contributed by atoms with Gasteiger partial charge in [0, 0.05) is 24.9 Å². The Labute approximate surface area is 163 Å². The van der Waals surface area contributed by atoms with Crippen LogP contribution in [0.5, 0.6) is 0 Å². The highest BCUT2D eigenvalue weighted by Crippen LogP contribution is 2.26. The first-order valence-electron chi connectivity index (χ1n) is 9.62. The zero-order valence-electron chi connectivity index (χ0n) is 16.1. The summed E-state index contributed by atoms with van der Waals surface area (Å²) in [5.41, 5.74) is 2.16. The molecule has 0 atom stereocenters. The SMILES string of the molecule is CCCCc1ccc(C(=O)CCC(=O)NCC2(C)CCNCC2)cc1.Cl. The highest BCUT2D eigenvalue weighted by molar-refractivity contribution is 5.97. The molecule has 1 heterocycles. The lowest BCUT2D eigenvalue weighted by atomic mass is 9.81. The van der Waals surface area contributed by atoms with E-state index in [4.69, 9.17) is 0 Å². The molecule has 1 fully saturated rings. The van der Waals surface area contributed by atoms with Crippen molar-refractivity contribution in [3.05, 3.63) is 35.4 Å². The normalized spacial score (nSPS) is 15.8. The molecular formula is C21H33ClN2O2. The van der Waals surface area contributed by atoms with Gasteiger partial charge in [-0.15, -0.1) is 12.4 Å². The van der Waals surface area contributed by atoms with Crippen molar-refractivity contribution >= 4 is 24.1 Å². The van der Waals surface area contributed by atoms with E-state index in [1.54, 1.807) is 0 Å². The van der Waals surface area contributed by atoms with E-state index in [-0.39, 0.29) is 42.4 Å². The van der Waals surface area contributed by atoms with Crippen LogP contribution in [0.3, 0.4) is 0 Å². The number of carbonyl (C=O) groups is 2. The van der Waals surface area contributed by atoms with Gasteiger partial charge in [-0.1, -0.05) is 44.5 Å². The second-order valence-electron chi connectivity index (χ2n) is 7.56. The van der Waals surface area contributed by atoms with Crippen molar-refractivity contribution in [3.63, 3.8) is 0 Å². The van der Waals surface area contributed by atoms with Crippen LogP contribution in [0.15, 0.2) is 24.3 Å². The number of rotatable bonds is 9. The maximum atomic E-state index is 12.3. The fourth-order valence-corrected chi connectivity index (χ4v) is 3.22. The van der Waals surface area contributed by atoms with Crippen LogP contribution < -0.4 is 10.6 Å². The molecule has 0 saturated carbocycles. The number of amides is 1. The molecule has 0 radical (unpaired) electrons. The molecular weight excluding hydrogens is 348 g/mol. The molecule has 2 N–H and O–H groups in total. The molecule has 1 saturated heterocycles. The Bertz CT molecular complexity index is 566. The third kappa shape index (κ3) is 7.46. The molecule has 26 heavy (non-hydrogen) atoms. The van der Waals surface area contributed by atoms with E-state index in [1.165, 1.54) is 18.4 Å². The minimum absolute atomic E-state index is 0. The van der Waals surface area contributed by atoms with Crippen LogP contribution in [0, 0.1) is 5.41 Å². The molecule has 1 aliphatic heterocycles. The first-order chi connectivity index (χ1) is 12.0. The van der Waals surface area contributed by atoms with Gasteiger partial charge in [0.15, 0.2) is 5.78 Å². The number of Topliss-reactive ketones (excluding diaryl/α,β-unsaturated/α-hetero) is 1. The van der Waals surface area contributed by atoms with E-state index in [0.717, 1.165) is 32.4 Å². The maximum Gasteiger partial charge on any atom is 0.220 e. The monoisotopic (exact) mass is 380 g/mol. The molecule has 0 aliphatic carbocycles. The Morgan fingerprint density at radius 3 is 2.38 bits per heavy atom. The summed E-state index contributed by atoms with van der Waals surface area (Å²) in [4.78, 5) is 24.3. The van der Waals surface area contributed by atoms with Crippen LogP contribution in [0.4, 0.5) is 0 Å². The standard InChI is InChI=1S/C21H32N2O2.ClH/c1-3-4-5-17-6-8-18(9-7-17)19(24)10-11-20(25)23-16-21(2)12-14-22-15-13-21;/h6-9,22H,3-5,10-16H2,1-2H3,(H,23,25);1H. The van der Waals surface area contributed by atoms with E-state index in [9.17, 15) is 9.59 Å². The Balaban J connectivity index is 0.00000338. The molecule has 1 aromatic rings. The minimum Gasteiger partial charge on any atom is -0.356 e. The zero-order chi connectivity index (χ0) is 18.1. The minimum atomic E-state index is -0.0207. The average molecular weight is 381 g/mol. The van der Waals surface area contributed by atoms with E-state index in [2.05, 4.69) is 24.5 Å². The van der Waals surface area contributed by atoms with Gasteiger partial charge in [0.25, 0.3) is 0 Å². The van der Waals surface area contributed by atoms with Crippen molar-refractivity contribution in [3.8, 4) is 0 Å². The Morgan fingerprint density at radius 1 is 1.12 bits per heavy atom. The lowest BCUT2D eigenvalue weighted by Crippen LogP contribution is -2.42. The van der Waals surface area contributed by atoms with Crippen LogP contribution >= 0.6 is 12.4 Å². The van der Waals surface area contributed by atoms with Gasteiger partial charge in [-0.25, -0.2) is 0 Å². The molecule has 1 amide bonds. The molecule has 146 valence electrons. The smallest absolute Gasteiger partial charge is 0.220 e. The third-order valence-electron chi connectivity index (χ3n) is 5.20. The fraction of sp³-hybridized carbons (Fsp3) is 0.619. The second kappa shape index (κ2) is 11.3. The van der Waals surface area contributed by atoms with Crippen molar-refractivity contribution in [2.75, 3.05) is 19.6 Å². The summed E-state index contributed by atoms with van der Waals surface area (Å²) in [6.07, 6.45) is 6.10. The van der Waals surface area contributed by atoms with Crippen molar-refractivity contribution in [2.45, 2.75) is 58.8 Å². The number of unbranched alkanes of at least 4 members (excludes halogenated alkanes) is 1. The molecule has 5 heteroatoms. The number of hydrogen-bond donors (Lipinski definition) is 2. The first kappa shape index (κ1) is 22.7. The number of ketones is 1. The lowest BCUT2D eigenvalue weighted by molar-refractivity contribution is -0.121. The topological polar surface area (TPSA) is 58.2 Å². The van der Waals surface area contributed by atoms with Gasteiger partial charge >= 0.3 is 0 Å². The van der Waals surface area contributed by atoms with E-state index in [1.807, 2.05) is 24.3 Å². The average Bonchev–Trinajstić information content (AvgIpc) is 2.64. The molecule has 0 unspecified atom stereocenters.